The first kappa shape index (κ1) is 18.4. The molecule has 0 fully saturated rings. The summed E-state index contributed by atoms with van der Waals surface area (Å²) < 4.78 is 36.2. The van der Waals surface area contributed by atoms with E-state index in [1.165, 1.54) is 14.0 Å². The smallest absolute Gasteiger partial charge is 0.342 e. The lowest BCUT2D eigenvalue weighted by atomic mass is 10.0. The van der Waals surface area contributed by atoms with Crippen LogP contribution in [0.5, 0.6) is 11.5 Å². The molecule has 1 unspecified atom stereocenters. The predicted octanol–water partition coefficient (Wildman–Crippen LogP) is 1.86. The summed E-state index contributed by atoms with van der Waals surface area (Å²) in [5.41, 5.74) is 5.24. The first-order valence-corrected chi connectivity index (χ1v) is 5.55. The van der Waals surface area contributed by atoms with Gasteiger partial charge in [0, 0.05) is 11.6 Å². The Morgan fingerprint density at radius 1 is 1.50 bits per heavy atom. The zero-order valence-electron chi connectivity index (χ0n) is 10.9. The van der Waals surface area contributed by atoms with E-state index < -0.39 is 29.7 Å². The predicted molar refractivity (Wildman–Crippen MR) is 70.3 cm³/mol. The number of hydrogen-bond acceptors (Lipinski definition) is 5. The number of halogens is 3. The van der Waals surface area contributed by atoms with Crippen molar-refractivity contribution < 1.29 is 28.2 Å². The van der Waals surface area contributed by atoms with Crippen LogP contribution < -0.4 is 10.5 Å². The molecule has 0 saturated carbocycles. The van der Waals surface area contributed by atoms with Crippen LogP contribution in [0.2, 0.25) is 0 Å². The molecule has 5 nitrogen and oxygen atoms in total. The Balaban J connectivity index is 0.00000361. The summed E-state index contributed by atoms with van der Waals surface area (Å²) in [4.78, 5) is 11.2. The van der Waals surface area contributed by atoms with Gasteiger partial charge >= 0.3 is 5.97 Å². The van der Waals surface area contributed by atoms with Crippen molar-refractivity contribution in [3.05, 3.63) is 23.5 Å². The zero-order valence-corrected chi connectivity index (χ0v) is 11.7. The highest BCUT2D eigenvalue weighted by molar-refractivity contribution is 5.85. The highest BCUT2D eigenvalue weighted by Gasteiger charge is 2.31. The van der Waals surface area contributed by atoms with Crippen molar-refractivity contribution in [1.29, 1.82) is 0 Å². The molecule has 1 aromatic rings. The van der Waals surface area contributed by atoms with Crippen LogP contribution >= 0.6 is 12.4 Å². The molecular weight excluding hydrogens is 296 g/mol. The molecule has 0 saturated heterocycles. The summed E-state index contributed by atoms with van der Waals surface area (Å²) in [5.74, 6) is -2.64. The molecule has 2 atom stereocenters. The van der Waals surface area contributed by atoms with E-state index in [-0.39, 0.29) is 30.3 Å². The Bertz CT molecular complexity index is 473. The molecule has 0 aromatic heterocycles. The second-order valence-corrected chi connectivity index (χ2v) is 3.73. The van der Waals surface area contributed by atoms with Gasteiger partial charge in [0.1, 0.15) is 5.82 Å². The lowest BCUT2D eigenvalue weighted by Crippen LogP contribution is -2.31. The molecule has 3 N–H and O–H groups in total. The average Bonchev–Trinajstić information content (AvgIpc) is 2.39. The number of carbonyl (C=O) groups is 1. The number of phenols is 1. The minimum absolute atomic E-state index is 0. The van der Waals surface area contributed by atoms with E-state index in [0.717, 1.165) is 12.1 Å². The molecule has 0 aliphatic carbocycles. The number of aromatic hydroxyl groups is 1. The van der Waals surface area contributed by atoms with Crippen molar-refractivity contribution in [1.82, 2.24) is 0 Å². The average molecular weight is 312 g/mol. The van der Waals surface area contributed by atoms with Crippen molar-refractivity contribution in [2.75, 3.05) is 13.7 Å². The van der Waals surface area contributed by atoms with E-state index in [2.05, 4.69) is 4.74 Å². The van der Waals surface area contributed by atoms with Gasteiger partial charge in [-0.2, -0.15) is 0 Å². The van der Waals surface area contributed by atoms with Gasteiger partial charge in [0.05, 0.1) is 19.8 Å². The maximum atomic E-state index is 13.7. The van der Waals surface area contributed by atoms with Crippen molar-refractivity contribution in [3.8, 4) is 11.5 Å². The van der Waals surface area contributed by atoms with Gasteiger partial charge in [-0.15, -0.1) is 12.4 Å². The van der Waals surface area contributed by atoms with Gasteiger partial charge in [-0.05, 0) is 13.0 Å². The molecule has 0 heterocycles. The second kappa shape index (κ2) is 7.86. The Labute approximate surface area is 121 Å². The van der Waals surface area contributed by atoms with E-state index in [4.69, 9.17) is 10.5 Å². The first-order valence-electron chi connectivity index (χ1n) is 5.55. The normalized spacial score (nSPS) is 13.1. The Morgan fingerprint density at radius 2 is 2.10 bits per heavy atom. The number of ether oxygens (including phenoxy) is 2. The summed E-state index contributed by atoms with van der Waals surface area (Å²) in [6.07, 6.45) is -2.21. The molecule has 1 rings (SSSR count). The maximum absolute atomic E-state index is 13.7. The molecule has 114 valence electrons. The SMILES string of the molecule is CCOC(=O)C(F)[C@H](N)c1cc(F)cc(OC)c1O.Cl. The number of alkyl halides is 1. The monoisotopic (exact) mass is 311 g/mol. The van der Waals surface area contributed by atoms with Crippen LogP contribution in [0.4, 0.5) is 8.78 Å². The summed E-state index contributed by atoms with van der Waals surface area (Å²) in [7, 11) is 1.21. The van der Waals surface area contributed by atoms with E-state index in [1.54, 1.807) is 0 Å². The molecule has 0 spiro atoms. The van der Waals surface area contributed by atoms with Gasteiger partial charge in [-0.1, -0.05) is 0 Å². The van der Waals surface area contributed by atoms with Crippen LogP contribution in [0.25, 0.3) is 0 Å². The zero-order chi connectivity index (χ0) is 14.6. The van der Waals surface area contributed by atoms with Crippen LogP contribution in [0.15, 0.2) is 12.1 Å². The van der Waals surface area contributed by atoms with Crippen LogP contribution in [-0.2, 0) is 9.53 Å². The third-order valence-electron chi connectivity index (χ3n) is 2.48. The van der Waals surface area contributed by atoms with E-state index in [9.17, 15) is 18.7 Å². The topological polar surface area (TPSA) is 81.8 Å². The number of phenolic OH excluding ortho intramolecular Hbond substituents is 1. The third-order valence-corrected chi connectivity index (χ3v) is 2.48. The largest absolute Gasteiger partial charge is 0.504 e. The molecule has 8 heteroatoms. The van der Waals surface area contributed by atoms with Gasteiger partial charge < -0.3 is 20.3 Å². The quantitative estimate of drug-likeness (QED) is 0.811. The van der Waals surface area contributed by atoms with Crippen LogP contribution in [-0.4, -0.2) is 31.0 Å². The fourth-order valence-corrected chi connectivity index (χ4v) is 1.53. The van der Waals surface area contributed by atoms with Gasteiger partial charge in [0.15, 0.2) is 11.5 Å². The van der Waals surface area contributed by atoms with Crippen LogP contribution in [0.3, 0.4) is 0 Å². The number of methoxy groups -OCH3 is 1. The van der Waals surface area contributed by atoms with Crippen LogP contribution in [0, 0.1) is 5.82 Å². The van der Waals surface area contributed by atoms with Crippen molar-refractivity contribution in [2.24, 2.45) is 5.73 Å². The number of benzene rings is 1. The van der Waals surface area contributed by atoms with Crippen molar-refractivity contribution >= 4 is 18.4 Å². The minimum Gasteiger partial charge on any atom is -0.504 e. The molecule has 1 aromatic carbocycles. The molecule has 0 amide bonds. The summed E-state index contributed by atoms with van der Waals surface area (Å²) in [5, 5.41) is 9.75. The highest BCUT2D eigenvalue weighted by Crippen LogP contribution is 2.35. The standard InChI is InChI=1S/C12H15F2NO4.ClH/c1-3-19-12(17)9(14)10(15)7-4-6(13)5-8(18-2)11(7)16;/h4-5,9-10,16H,3,15H2,1-2H3;1H/t9?,10-;/m1./s1. The van der Waals surface area contributed by atoms with Gasteiger partial charge in [-0.3, -0.25) is 0 Å². The Morgan fingerprint density at radius 3 is 2.60 bits per heavy atom. The molecular formula is C12H16ClF2NO4. The number of hydrogen-bond donors (Lipinski definition) is 2. The maximum Gasteiger partial charge on any atom is 0.342 e. The fourth-order valence-electron chi connectivity index (χ4n) is 1.53. The first-order chi connectivity index (χ1) is 8.92. The summed E-state index contributed by atoms with van der Waals surface area (Å²) in [6, 6.07) is 0.209. The van der Waals surface area contributed by atoms with Crippen molar-refractivity contribution in [3.63, 3.8) is 0 Å². The van der Waals surface area contributed by atoms with E-state index >= 15 is 0 Å². The van der Waals surface area contributed by atoms with Crippen molar-refractivity contribution in [2.45, 2.75) is 19.1 Å². The van der Waals surface area contributed by atoms with Gasteiger partial charge in [0.2, 0.25) is 6.17 Å². The van der Waals surface area contributed by atoms with E-state index in [1.807, 2.05) is 0 Å². The number of nitrogens with two attached hydrogens (primary N) is 1. The number of esters is 1. The Hall–Kier alpha value is -1.60. The molecule has 0 aliphatic rings. The molecule has 0 bridgehead atoms. The summed E-state index contributed by atoms with van der Waals surface area (Å²) >= 11 is 0. The molecule has 20 heavy (non-hydrogen) atoms. The lowest BCUT2D eigenvalue weighted by molar-refractivity contribution is -0.149. The second-order valence-electron chi connectivity index (χ2n) is 3.73. The minimum atomic E-state index is -2.21. The van der Waals surface area contributed by atoms with Crippen LogP contribution in [0.1, 0.15) is 18.5 Å². The summed E-state index contributed by atoms with van der Waals surface area (Å²) in [6.45, 7) is 1.50. The Kier molecular flexibility index (Phi) is 7.23. The lowest BCUT2D eigenvalue weighted by Gasteiger charge is -2.18. The fraction of sp³-hybridized carbons (Fsp3) is 0.417. The highest BCUT2D eigenvalue weighted by atomic mass is 35.5. The van der Waals surface area contributed by atoms with Gasteiger partial charge in [-0.25, -0.2) is 13.6 Å². The van der Waals surface area contributed by atoms with E-state index in [0.29, 0.717) is 0 Å². The number of carbonyl (C=O) groups excluding carboxylic acids is 1. The third kappa shape index (κ3) is 3.94. The van der Waals surface area contributed by atoms with Gasteiger partial charge in [0.25, 0.3) is 0 Å². The molecule has 0 aliphatic heterocycles. The number of rotatable bonds is 5. The molecule has 0 radical (unpaired) electrons.